The zero-order chi connectivity index (χ0) is 29.2. The van der Waals surface area contributed by atoms with Crippen LogP contribution in [-0.2, 0) is 16.1 Å². The Balaban J connectivity index is 1.13. The summed E-state index contributed by atoms with van der Waals surface area (Å²) < 4.78 is 6.31. The Hall–Kier alpha value is -3.77. The average Bonchev–Trinajstić information content (AvgIpc) is 3.01. The third-order valence-electron chi connectivity index (χ3n) is 8.83. The van der Waals surface area contributed by atoms with Crippen LogP contribution < -0.4 is 4.90 Å². The lowest BCUT2D eigenvalue weighted by atomic mass is 9.89. The van der Waals surface area contributed by atoms with E-state index in [0.717, 1.165) is 60.6 Å². The number of halogens is 1. The van der Waals surface area contributed by atoms with Crippen molar-refractivity contribution < 1.29 is 14.3 Å². The van der Waals surface area contributed by atoms with Crippen molar-refractivity contribution in [1.82, 2.24) is 9.80 Å². The van der Waals surface area contributed by atoms with Crippen molar-refractivity contribution >= 4 is 35.2 Å². The lowest BCUT2D eigenvalue weighted by molar-refractivity contribution is -0.149. The molecule has 218 valence electrons. The molecule has 2 heterocycles. The zero-order valence-electron chi connectivity index (χ0n) is 24.4. The van der Waals surface area contributed by atoms with E-state index in [9.17, 15) is 9.59 Å². The number of fused-ring (bicyclic) bond motifs is 1. The minimum Gasteiger partial charge on any atom is -0.482 e. The van der Waals surface area contributed by atoms with Crippen molar-refractivity contribution in [2.24, 2.45) is 0 Å². The van der Waals surface area contributed by atoms with E-state index in [2.05, 4.69) is 43.0 Å². The summed E-state index contributed by atoms with van der Waals surface area (Å²) in [7, 11) is 0. The Labute approximate surface area is 253 Å². The molecule has 7 heteroatoms. The van der Waals surface area contributed by atoms with Crippen molar-refractivity contribution in [1.29, 1.82) is 0 Å². The fourth-order valence-electron chi connectivity index (χ4n) is 6.38. The van der Waals surface area contributed by atoms with Gasteiger partial charge in [-0.05, 0) is 80.1 Å². The fraction of sp³-hybridized carbons (Fsp3) is 0.371. The largest absolute Gasteiger partial charge is 0.482 e. The number of amides is 2. The van der Waals surface area contributed by atoms with Gasteiger partial charge in [0.1, 0.15) is 6.10 Å². The maximum Gasteiger partial charge on any atom is 0.289 e. The van der Waals surface area contributed by atoms with Gasteiger partial charge in [0.25, 0.3) is 11.8 Å². The second-order valence-electron chi connectivity index (χ2n) is 11.8. The molecule has 2 saturated heterocycles. The summed E-state index contributed by atoms with van der Waals surface area (Å²) in [6.45, 7) is 7.57. The van der Waals surface area contributed by atoms with E-state index in [0.29, 0.717) is 31.0 Å². The first-order valence-electron chi connectivity index (χ1n) is 15.0. The normalized spacial score (nSPS) is 21.7. The van der Waals surface area contributed by atoms with Gasteiger partial charge in [0.2, 0.25) is 0 Å². The Morgan fingerprint density at radius 2 is 1.64 bits per heavy atom. The van der Waals surface area contributed by atoms with Crippen LogP contribution in [0.2, 0.25) is 5.02 Å². The first-order chi connectivity index (χ1) is 20.4. The van der Waals surface area contributed by atoms with Crippen molar-refractivity contribution in [3.8, 4) is 0 Å². The number of hydrogen-bond donors (Lipinski definition) is 0. The molecule has 1 aliphatic carbocycles. The summed E-state index contributed by atoms with van der Waals surface area (Å²) in [5, 5.41) is 0.724. The van der Waals surface area contributed by atoms with Crippen molar-refractivity contribution in [3.05, 3.63) is 105 Å². The van der Waals surface area contributed by atoms with Crippen molar-refractivity contribution in [2.75, 3.05) is 31.1 Å². The zero-order valence-corrected chi connectivity index (χ0v) is 25.1. The molecule has 0 radical (unpaired) electrons. The minimum absolute atomic E-state index is 0.0170. The summed E-state index contributed by atoms with van der Waals surface area (Å²) in [6, 6.07) is 22.0. The molecule has 42 heavy (non-hydrogen) atoms. The molecule has 2 aliphatic heterocycles. The Bertz CT molecular complexity index is 1480. The maximum atomic E-state index is 13.7. The van der Waals surface area contributed by atoms with Crippen LogP contribution in [0.1, 0.15) is 58.3 Å². The highest BCUT2D eigenvalue weighted by atomic mass is 35.5. The molecule has 2 atom stereocenters. The fourth-order valence-corrected chi connectivity index (χ4v) is 6.55. The molecule has 0 spiro atoms. The van der Waals surface area contributed by atoms with Gasteiger partial charge >= 0.3 is 0 Å². The van der Waals surface area contributed by atoms with E-state index in [1.54, 1.807) is 0 Å². The van der Waals surface area contributed by atoms with Gasteiger partial charge < -0.3 is 19.4 Å². The topological polar surface area (TPSA) is 53.1 Å². The van der Waals surface area contributed by atoms with Crippen LogP contribution in [0.15, 0.2) is 72.5 Å². The highest BCUT2D eigenvalue weighted by Crippen LogP contribution is 2.34. The highest BCUT2D eigenvalue weighted by molar-refractivity contribution is 6.30. The molecule has 6 rings (SSSR count). The van der Waals surface area contributed by atoms with Gasteiger partial charge in [0.05, 0.1) is 6.04 Å². The monoisotopic (exact) mass is 583 g/mol. The predicted octanol–water partition coefficient (Wildman–Crippen LogP) is 6.63. The Morgan fingerprint density at radius 1 is 0.929 bits per heavy atom. The number of hydrogen-bond acceptors (Lipinski definition) is 4. The van der Waals surface area contributed by atoms with Crippen LogP contribution in [0.4, 0.5) is 5.69 Å². The number of anilines is 1. The predicted molar refractivity (Wildman–Crippen MR) is 168 cm³/mol. The van der Waals surface area contributed by atoms with Crippen molar-refractivity contribution in [3.63, 3.8) is 0 Å². The molecule has 2 amide bonds. The molecule has 3 aliphatic rings. The summed E-state index contributed by atoms with van der Waals surface area (Å²) in [4.78, 5) is 33.2. The summed E-state index contributed by atoms with van der Waals surface area (Å²) in [6.07, 6.45) is 6.01. The summed E-state index contributed by atoms with van der Waals surface area (Å²) in [5.74, 6) is 0.347. The number of benzene rings is 3. The van der Waals surface area contributed by atoms with Gasteiger partial charge in [-0.3, -0.25) is 9.59 Å². The molecule has 3 aromatic carbocycles. The van der Waals surface area contributed by atoms with Gasteiger partial charge in [-0.15, -0.1) is 0 Å². The Morgan fingerprint density at radius 3 is 2.38 bits per heavy atom. The quantitative estimate of drug-likeness (QED) is 0.316. The number of nitrogens with zero attached hydrogens (tertiary/aromatic N) is 3. The van der Waals surface area contributed by atoms with Crippen LogP contribution in [0.5, 0.6) is 0 Å². The van der Waals surface area contributed by atoms with Gasteiger partial charge in [0.15, 0.2) is 5.76 Å². The Kier molecular flexibility index (Phi) is 8.25. The SMILES string of the molecule is Cc1ccc(CN2C(=O)/C(=C\c3ccc(C(=O)N4CCN(c5cc(Cl)ccc5C)CC4)cc3)OC3CCCCC32)cc1. The van der Waals surface area contributed by atoms with Gasteiger partial charge in [0, 0.05) is 49.0 Å². The average molecular weight is 584 g/mol. The van der Waals surface area contributed by atoms with E-state index in [4.69, 9.17) is 16.3 Å². The lowest BCUT2D eigenvalue weighted by Crippen LogP contribution is -2.54. The van der Waals surface area contributed by atoms with E-state index < -0.39 is 0 Å². The smallest absolute Gasteiger partial charge is 0.289 e. The van der Waals surface area contributed by atoms with Gasteiger partial charge in [-0.25, -0.2) is 0 Å². The number of ether oxygens (including phenoxy) is 1. The van der Waals surface area contributed by atoms with Gasteiger partial charge in [-0.1, -0.05) is 66.0 Å². The van der Waals surface area contributed by atoms with Crippen LogP contribution >= 0.6 is 11.6 Å². The summed E-state index contributed by atoms with van der Waals surface area (Å²) in [5.41, 5.74) is 6.14. The molecule has 0 aromatic heterocycles. The minimum atomic E-state index is -0.0633. The number of morpholine rings is 1. The number of rotatable bonds is 5. The second-order valence-corrected chi connectivity index (χ2v) is 12.2. The maximum absolute atomic E-state index is 13.7. The molecule has 1 saturated carbocycles. The molecule has 3 fully saturated rings. The first-order valence-corrected chi connectivity index (χ1v) is 15.4. The first kappa shape index (κ1) is 28.4. The molecular formula is C35H38ClN3O3. The number of carbonyl (C=O) groups excluding carboxylic acids is 2. The highest BCUT2D eigenvalue weighted by Gasteiger charge is 2.41. The molecular weight excluding hydrogens is 546 g/mol. The van der Waals surface area contributed by atoms with E-state index >= 15 is 0 Å². The third-order valence-corrected chi connectivity index (χ3v) is 9.06. The molecule has 6 nitrogen and oxygen atoms in total. The van der Waals surface area contributed by atoms with E-state index in [-0.39, 0.29) is 24.0 Å². The molecule has 0 N–H and O–H groups in total. The van der Waals surface area contributed by atoms with Crippen molar-refractivity contribution in [2.45, 2.75) is 58.2 Å². The van der Waals surface area contributed by atoms with E-state index in [1.807, 2.05) is 58.3 Å². The van der Waals surface area contributed by atoms with Crippen LogP contribution in [0.25, 0.3) is 6.08 Å². The molecule has 3 aromatic rings. The molecule has 0 bridgehead atoms. The van der Waals surface area contributed by atoms with Crippen LogP contribution in [-0.4, -0.2) is 59.9 Å². The van der Waals surface area contributed by atoms with Crippen LogP contribution in [0, 0.1) is 13.8 Å². The number of carbonyl (C=O) groups is 2. The standard InChI is InChI=1S/C35H38ClN3O3/c1-24-7-10-27(11-8-24)23-39-30-5-3-4-6-32(30)42-33(35(39)41)21-26-12-14-28(15-13-26)34(40)38-19-17-37(18-20-38)31-22-29(36)16-9-25(31)2/h7-16,21-22,30,32H,3-6,17-20,23H2,1-2H3/b33-21+. The number of aryl methyl sites for hydroxylation is 2. The number of piperazine rings is 1. The summed E-state index contributed by atoms with van der Waals surface area (Å²) >= 11 is 6.23. The van der Waals surface area contributed by atoms with E-state index in [1.165, 1.54) is 11.1 Å². The van der Waals surface area contributed by atoms with Crippen LogP contribution in [0.3, 0.4) is 0 Å². The third kappa shape index (κ3) is 6.05. The lowest BCUT2D eigenvalue weighted by Gasteiger charge is -2.44. The second kappa shape index (κ2) is 12.2. The van der Waals surface area contributed by atoms with Gasteiger partial charge in [-0.2, -0.15) is 0 Å². The molecule has 2 unspecified atom stereocenters.